The summed E-state index contributed by atoms with van der Waals surface area (Å²) in [5.74, 6) is 0.739. The standard InChI is InChI=1S/C23H28FN3O2S/c1-30(28,29)27-23-13-17-12-19(25)6-9-21(17)22(23)10-8-20-7-5-16(14-26-20)15-3-2-4-18(24)11-15/h2-5,7-8,10-11,14,17,19,21-23,27H,6,9,12-13,25H2,1H3/t17-,19?,21+,22-,23-/m0/s1. The Morgan fingerprint density at radius 1 is 1.17 bits per heavy atom. The molecular weight excluding hydrogens is 401 g/mol. The Morgan fingerprint density at radius 2 is 2.00 bits per heavy atom. The van der Waals surface area contributed by atoms with Crippen molar-refractivity contribution in [2.45, 2.75) is 37.8 Å². The number of nitrogens with zero attached hydrogens (tertiary/aromatic N) is 1. The molecule has 0 saturated heterocycles. The average molecular weight is 430 g/mol. The van der Waals surface area contributed by atoms with E-state index in [1.807, 2.05) is 24.3 Å². The number of benzene rings is 1. The summed E-state index contributed by atoms with van der Waals surface area (Å²) in [6.07, 6.45) is 10.8. The van der Waals surface area contributed by atoms with Gasteiger partial charge in [0.1, 0.15) is 5.82 Å². The molecule has 2 aliphatic rings. The number of hydrogen-bond donors (Lipinski definition) is 2. The fourth-order valence-corrected chi connectivity index (χ4v) is 5.92. The maximum absolute atomic E-state index is 13.5. The van der Waals surface area contributed by atoms with Gasteiger partial charge in [0.2, 0.25) is 10.0 Å². The molecule has 1 aromatic carbocycles. The van der Waals surface area contributed by atoms with Crippen molar-refractivity contribution in [3.8, 4) is 11.1 Å². The molecule has 5 nitrogen and oxygen atoms in total. The second kappa shape index (κ2) is 8.57. The highest BCUT2D eigenvalue weighted by atomic mass is 32.2. The second-order valence-electron chi connectivity index (χ2n) is 8.65. The maximum atomic E-state index is 13.5. The van der Waals surface area contributed by atoms with Gasteiger partial charge in [-0.3, -0.25) is 4.98 Å². The lowest BCUT2D eigenvalue weighted by molar-refractivity contribution is 0.227. The summed E-state index contributed by atoms with van der Waals surface area (Å²) in [5.41, 5.74) is 8.59. The van der Waals surface area contributed by atoms with Gasteiger partial charge < -0.3 is 5.73 Å². The molecule has 0 radical (unpaired) electrons. The minimum absolute atomic E-state index is 0.108. The van der Waals surface area contributed by atoms with Gasteiger partial charge in [-0.25, -0.2) is 17.5 Å². The quantitative estimate of drug-likeness (QED) is 0.761. The fraction of sp³-hybridized carbons (Fsp3) is 0.435. The van der Waals surface area contributed by atoms with Gasteiger partial charge in [-0.1, -0.05) is 24.3 Å². The van der Waals surface area contributed by atoms with Crippen LogP contribution in [0.4, 0.5) is 4.39 Å². The first kappa shape index (κ1) is 21.2. The molecule has 1 aromatic heterocycles. The van der Waals surface area contributed by atoms with Gasteiger partial charge in [0.25, 0.3) is 0 Å². The highest BCUT2D eigenvalue weighted by Gasteiger charge is 2.44. The number of sulfonamides is 1. The zero-order valence-electron chi connectivity index (χ0n) is 17.0. The largest absolute Gasteiger partial charge is 0.328 e. The molecule has 7 heteroatoms. The van der Waals surface area contributed by atoms with E-state index in [4.69, 9.17) is 5.73 Å². The molecule has 160 valence electrons. The summed E-state index contributed by atoms with van der Waals surface area (Å²) >= 11 is 0. The van der Waals surface area contributed by atoms with Crippen LogP contribution < -0.4 is 10.5 Å². The Balaban J connectivity index is 1.53. The van der Waals surface area contributed by atoms with Crippen molar-refractivity contribution >= 4 is 16.1 Å². The smallest absolute Gasteiger partial charge is 0.208 e. The van der Waals surface area contributed by atoms with Gasteiger partial charge in [-0.05, 0) is 73.3 Å². The van der Waals surface area contributed by atoms with E-state index in [1.165, 1.54) is 18.4 Å². The number of rotatable bonds is 5. The molecule has 2 fully saturated rings. The topological polar surface area (TPSA) is 85.1 Å². The van der Waals surface area contributed by atoms with E-state index >= 15 is 0 Å². The minimum atomic E-state index is -3.28. The van der Waals surface area contributed by atoms with E-state index < -0.39 is 10.0 Å². The zero-order valence-corrected chi connectivity index (χ0v) is 17.9. The van der Waals surface area contributed by atoms with Crippen molar-refractivity contribution in [2.24, 2.45) is 23.5 Å². The monoisotopic (exact) mass is 429 g/mol. The number of fused-ring (bicyclic) bond motifs is 1. The van der Waals surface area contributed by atoms with E-state index in [2.05, 4.69) is 15.8 Å². The van der Waals surface area contributed by atoms with E-state index in [0.29, 0.717) is 11.8 Å². The van der Waals surface area contributed by atoms with Gasteiger partial charge in [0, 0.05) is 23.8 Å². The highest BCUT2D eigenvalue weighted by molar-refractivity contribution is 7.88. The number of hydrogen-bond acceptors (Lipinski definition) is 4. The third-order valence-electron chi connectivity index (χ3n) is 6.40. The molecule has 5 atom stereocenters. The lowest BCUT2D eigenvalue weighted by Gasteiger charge is -2.32. The average Bonchev–Trinajstić information content (AvgIpc) is 3.01. The molecule has 0 bridgehead atoms. The summed E-state index contributed by atoms with van der Waals surface area (Å²) in [5, 5.41) is 0. The molecule has 0 spiro atoms. The van der Waals surface area contributed by atoms with Crippen LogP contribution in [0.15, 0.2) is 48.7 Å². The minimum Gasteiger partial charge on any atom is -0.328 e. The number of pyridine rings is 1. The van der Waals surface area contributed by atoms with Crippen LogP contribution in [0.25, 0.3) is 17.2 Å². The summed E-state index contributed by atoms with van der Waals surface area (Å²) in [6.45, 7) is 0. The molecule has 2 aliphatic carbocycles. The van der Waals surface area contributed by atoms with Crippen LogP contribution in [0.5, 0.6) is 0 Å². The van der Waals surface area contributed by atoms with E-state index in [0.717, 1.165) is 42.5 Å². The van der Waals surface area contributed by atoms with Gasteiger partial charge in [0.15, 0.2) is 0 Å². The van der Waals surface area contributed by atoms with E-state index in [9.17, 15) is 12.8 Å². The third-order valence-corrected chi connectivity index (χ3v) is 7.13. The lowest BCUT2D eigenvalue weighted by Crippen LogP contribution is -2.37. The first-order valence-corrected chi connectivity index (χ1v) is 12.3. The molecule has 30 heavy (non-hydrogen) atoms. The van der Waals surface area contributed by atoms with Crippen molar-refractivity contribution in [1.82, 2.24) is 9.71 Å². The first-order chi connectivity index (χ1) is 14.3. The van der Waals surface area contributed by atoms with Gasteiger partial charge >= 0.3 is 0 Å². The Kier molecular flexibility index (Phi) is 6.04. The summed E-state index contributed by atoms with van der Waals surface area (Å²) in [6, 6.07) is 10.4. The predicted molar refractivity (Wildman–Crippen MR) is 117 cm³/mol. The molecule has 1 heterocycles. The third kappa shape index (κ3) is 4.96. The summed E-state index contributed by atoms with van der Waals surface area (Å²) in [4.78, 5) is 4.49. The van der Waals surface area contributed by atoms with Crippen molar-refractivity contribution in [1.29, 1.82) is 0 Å². The SMILES string of the molecule is CS(=O)(=O)N[C@H]1C[C@@H]2CC(N)CC[C@H]2[C@@H]1C=Cc1ccc(-c2cccc(F)c2)cn1. The molecule has 1 unspecified atom stereocenters. The molecule has 0 aliphatic heterocycles. The van der Waals surface area contributed by atoms with Crippen LogP contribution in [0.2, 0.25) is 0 Å². The van der Waals surface area contributed by atoms with Crippen molar-refractivity contribution < 1.29 is 12.8 Å². The van der Waals surface area contributed by atoms with Crippen molar-refractivity contribution in [2.75, 3.05) is 6.26 Å². The highest BCUT2D eigenvalue weighted by Crippen LogP contribution is 2.46. The molecule has 2 saturated carbocycles. The lowest BCUT2D eigenvalue weighted by atomic mass is 9.76. The van der Waals surface area contributed by atoms with Crippen molar-refractivity contribution in [3.63, 3.8) is 0 Å². The number of nitrogens with two attached hydrogens (primary N) is 1. The van der Waals surface area contributed by atoms with Crippen LogP contribution in [0.1, 0.15) is 31.4 Å². The van der Waals surface area contributed by atoms with Crippen LogP contribution in [0.3, 0.4) is 0 Å². The number of nitrogens with one attached hydrogen (secondary N) is 1. The van der Waals surface area contributed by atoms with Gasteiger partial charge in [0.05, 0.1) is 11.9 Å². The Hall–Kier alpha value is -2.09. The van der Waals surface area contributed by atoms with Gasteiger partial charge in [-0.2, -0.15) is 0 Å². The molecule has 2 aromatic rings. The number of aromatic nitrogens is 1. The zero-order chi connectivity index (χ0) is 21.3. The van der Waals surface area contributed by atoms with Crippen molar-refractivity contribution in [3.05, 3.63) is 60.2 Å². The van der Waals surface area contributed by atoms with Crippen LogP contribution in [0, 0.1) is 23.6 Å². The predicted octanol–water partition coefficient (Wildman–Crippen LogP) is 3.58. The number of halogens is 1. The van der Waals surface area contributed by atoms with Crippen LogP contribution in [-0.2, 0) is 10.0 Å². The Labute approximate surface area is 177 Å². The molecular formula is C23H28FN3O2S. The van der Waals surface area contributed by atoms with Crippen LogP contribution in [-0.4, -0.2) is 31.7 Å². The van der Waals surface area contributed by atoms with Gasteiger partial charge in [-0.15, -0.1) is 0 Å². The summed E-state index contributed by atoms with van der Waals surface area (Å²) in [7, 11) is -3.28. The molecule has 3 N–H and O–H groups in total. The first-order valence-electron chi connectivity index (χ1n) is 10.4. The Morgan fingerprint density at radius 3 is 2.70 bits per heavy atom. The second-order valence-corrected chi connectivity index (χ2v) is 10.4. The normalized spacial score (nSPS) is 29.2. The molecule has 0 amide bonds. The summed E-state index contributed by atoms with van der Waals surface area (Å²) < 4.78 is 40.0. The maximum Gasteiger partial charge on any atom is 0.208 e. The molecule has 4 rings (SSSR count). The fourth-order valence-electron chi connectivity index (χ4n) is 5.11. The van der Waals surface area contributed by atoms with E-state index in [-0.39, 0.29) is 23.8 Å². The Bertz CT molecular complexity index is 1020. The van der Waals surface area contributed by atoms with Crippen LogP contribution >= 0.6 is 0 Å². The van der Waals surface area contributed by atoms with E-state index in [1.54, 1.807) is 12.3 Å².